The van der Waals surface area contributed by atoms with Gasteiger partial charge in [0, 0.05) is 16.2 Å². The second-order valence-electron chi connectivity index (χ2n) is 1.88. The van der Waals surface area contributed by atoms with Crippen molar-refractivity contribution in [2.75, 3.05) is 5.73 Å². The highest BCUT2D eigenvalue weighted by atomic mass is 79.9. The van der Waals surface area contributed by atoms with Crippen molar-refractivity contribution in [3.05, 3.63) is 22.3 Å². The van der Waals surface area contributed by atoms with E-state index < -0.39 is 5.97 Å². The number of carboxylic acid groups (broad SMARTS) is 1. The first-order valence-electron chi connectivity index (χ1n) is 2.73. The lowest BCUT2D eigenvalue weighted by Gasteiger charge is -2.04. The minimum atomic E-state index is -1.27. The number of pyridine rings is 1. The van der Waals surface area contributed by atoms with Crippen molar-refractivity contribution in [3.63, 3.8) is 0 Å². The normalized spacial score (nSPS) is 9.55. The summed E-state index contributed by atoms with van der Waals surface area (Å²) in [5.74, 6) is -1.11. The van der Waals surface area contributed by atoms with E-state index in [-0.39, 0.29) is 11.4 Å². The Labute approximate surface area is 71.2 Å². The van der Waals surface area contributed by atoms with Gasteiger partial charge in [-0.05, 0) is 22.0 Å². The molecular weight excluding hydrogens is 212 g/mol. The number of hydrogen-bond acceptors (Lipinski definition) is 4. The van der Waals surface area contributed by atoms with Gasteiger partial charge in [-0.2, -0.15) is 0 Å². The highest BCUT2D eigenvalue weighted by Crippen LogP contribution is 2.15. The van der Waals surface area contributed by atoms with Crippen molar-refractivity contribution in [2.24, 2.45) is 0 Å². The Morgan fingerprint density at radius 3 is 2.82 bits per heavy atom. The van der Waals surface area contributed by atoms with Crippen LogP contribution >= 0.6 is 15.9 Å². The molecule has 1 aromatic rings. The van der Waals surface area contributed by atoms with Crippen LogP contribution in [0, 0.1) is 0 Å². The summed E-state index contributed by atoms with van der Waals surface area (Å²) in [7, 11) is 0. The predicted molar refractivity (Wildman–Crippen MR) is 40.7 cm³/mol. The molecule has 1 rings (SSSR count). The van der Waals surface area contributed by atoms with Gasteiger partial charge in [0.2, 0.25) is 0 Å². The minimum absolute atomic E-state index is 0.0116. The van der Waals surface area contributed by atoms with Crippen LogP contribution in [0.15, 0.2) is 16.7 Å². The molecule has 0 saturated carbocycles. The number of halogens is 1. The fourth-order valence-electron chi connectivity index (χ4n) is 0.611. The van der Waals surface area contributed by atoms with Crippen LogP contribution in [0.5, 0.6) is 0 Å². The van der Waals surface area contributed by atoms with Gasteiger partial charge in [-0.15, -0.1) is 0 Å². The molecule has 0 saturated heterocycles. The van der Waals surface area contributed by atoms with Crippen LogP contribution in [-0.4, -0.2) is 11.0 Å². The zero-order valence-corrected chi connectivity index (χ0v) is 6.96. The Morgan fingerprint density at radius 2 is 2.36 bits per heavy atom. The SMILES string of the molecule is Nc1cc(C(=O)[O-])c(Br)cn1. The molecule has 0 aromatic carbocycles. The number of nitrogens with zero attached hydrogens (tertiary/aromatic N) is 1. The van der Waals surface area contributed by atoms with Gasteiger partial charge in [0.1, 0.15) is 5.82 Å². The Balaban J connectivity index is 3.23. The van der Waals surface area contributed by atoms with E-state index in [0.717, 1.165) is 0 Å². The summed E-state index contributed by atoms with van der Waals surface area (Å²) in [6.45, 7) is 0. The topological polar surface area (TPSA) is 79.0 Å². The molecule has 0 fully saturated rings. The van der Waals surface area contributed by atoms with Crippen LogP contribution < -0.4 is 10.8 Å². The Kier molecular flexibility index (Phi) is 2.09. The molecule has 0 spiro atoms. The monoisotopic (exact) mass is 215 g/mol. The third kappa shape index (κ3) is 1.68. The van der Waals surface area contributed by atoms with Crippen molar-refractivity contribution in [3.8, 4) is 0 Å². The lowest BCUT2D eigenvalue weighted by Crippen LogP contribution is -2.23. The minimum Gasteiger partial charge on any atom is -0.545 e. The summed E-state index contributed by atoms with van der Waals surface area (Å²) in [6, 6.07) is 1.24. The molecule has 11 heavy (non-hydrogen) atoms. The fourth-order valence-corrected chi connectivity index (χ4v) is 0.990. The number of aromatic nitrogens is 1. The number of carbonyl (C=O) groups excluding carboxylic acids is 1. The molecular formula is C6H4BrN2O2-. The van der Waals surface area contributed by atoms with Gasteiger partial charge < -0.3 is 15.6 Å². The van der Waals surface area contributed by atoms with E-state index in [4.69, 9.17) is 5.73 Å². The van der Waals surface area contributed by atoms with Crippen LogP contribution in [0.4, 0.5) is 5.82 Å². The van der Waals surface area contributed by atoms with E-state index in [1.165, 1.54) is 12.3 Å². The quantitative estimate of drug-likeness (QED) is 0.704. The molecule has 1 aromatic heterocycles. The smallest absolute Gasteiger partial charge is 0.124 e. The van der Waals surface area contributed by atoms with Crippen molar-refractivity contribution in [2.45, 2.75) is 0 Å². The summed E-state index contributed by atoms with van der Waals surface area (Å²) < 4.78 is 0.367. The zero-order valence-electron chi connectivity index (χ0n) is 5.37. The number of aromatic carboxylic acids is 1. The average molecular weight is 216 g/mol. The van der Waals surface area contributed by atoms with Crippen LogP contribution in [-0.2, 0) is 0 Å². The van der Waals surface area contributed by atoms with Gasteiger partial charge in [-0.3, -0.25) is 0 Å². The van der Waals surface area contributed by atoms with Crippen molar-refractivity contribution in [1.29, 1.82) is 0 Å². The van der Waals surface area contributed by atoms with Gasteiger partial charge in [-0.25, -0.2) is 4.98 Å². The Hall–Kier alpha value is -1.10. The van der Waals surface area contributed by atoms with E-state index in [1.807, 2.05) is 0 Å². The van der Waals surface area contributed by atoms with Gasteiger partial charge in [0.15, 0.2) is 0 Å². The molecule has 0 atom stereocenters. The molecule has 0 radical (unpaired) electrons. The third-order valence-electron chi connectivity index (χ3n) is 1.10. The molecule has 0 bridgehead atoms. The maximum Gasteiger partial charge on any atom is 0.124 e. The van der Waals surface area contributed by atoms with Gasteiger partial charge in [-0.1, -0.05) is 0 Å². The number of nitrogens with two attached hydrogens (primary N) is 1. The molecule has 4 nitrogen and oxygen atoms in total. The molecule has 0 unspecified atom stereocenters. The third-order valence-corrected chi connectivity index (χ3v) is 1.73. The fraction of sp³-hybridized carbons (Fsp3) is 0. The number of rotatable bonds is 1. The number of carbonyl (C=O) groups is 1. The highest BCUT2D eigenvalue weighted by Gasteiger charge is 2.00. The van der Waals surface area contributed by atoms with Crippen LogP contribution in [0.25, 0.3) is 0 Å². The molecule has 1 heterocycles. The van der Waals surface area contributed by atoms with E-state index in [0.29, 0.717) is 4.47 Å². The van der Waals surface area contributed by atoms with Crippen LogP contribution in [0.3, 0.4) is 0 Å². The van der Waals surface area contributed by atoms with E-state index >= 15 is 0 Å². The maximum atomic E-state index is 10.3. The van der Waals surface area contributed by atoms with Crippen molar-refractivity contribution in [1.82, 2.24) is 4.98 Å². The number of carboxylic acids is 1. The van der Waals surface area contributed by atoms with Crippen molar-refractivity contribution >= 4 is 27.7 Å². The molecule has 0 aliphatic rings. The van der Waals surface area contributed by atoms with Crippen LogP contribution in [0.2, 0.25) is 0 Å². The maximum absolute atomic E-state index is 10.3. The summed E-state index contributed by atoms with van der Waals surface area (Å²) in [6.07, 6.45) is 1.32. The van der Waals surface area contributed by atoms with Gasteiger partial charge >= 0.3 is 0 Å². The number of hydrogen-bond donors (Lipinski definition) is 1. The largest absolute Gasteiger partial charge is 0.545 e. The lowest BCUT2D eigenvalue weighted by molar-refractivity contribution is -0.255. The number of nitrogen functional groups attached to an aromatic ring is 1. The molecule has 0 amide bonds. The second-order valence-corrected chi connectivity index (χ2v) is 2.73. The molecule has 58 valence electrons. The predicted octanol–water partition coefficient (Wildman–Crippen LogP) is -0.210. The van der Waals surface area contributed by atoms with E-state index in [1.54, 1.807) is 0 Å². The first-order valence-corrected chi connectivity index (χ1v) is 3.53. The molecule has 5 heteroatoms. The number of anilines is 1. The van der Waals surface area contributed by atoms with Gasteiger partial charge in [0.05, 0.1) is 5.97 Å². The summed E-state index contributed by atoms with van der Waals surface area (Å²) in [4.78, 5) is 14.0. The molecule has 0 aliphatic carbocycles. The standard InChI is InChI=1S/C6H5BrN2O2/c7-4-2-9-5(8)1-3(4)6(10)11/h1-2H,(H2,8,9)(H,10,11)/p-1. The summed E-state index contributed by atoms with van der Waals surface area (Å²) in [5.41, 5.74) is 5.25. The van der Waals surface area contributed by atoms with Crippen molar-refractivity contribution < 1.29 is 9.90 Å². The van der Waals surface area contributed by atoms with E-state index in [9.17, 15) is 9.90 Å². The second kappa shape index (κ2) is 2.87. The van der Waals surface area contributed by atoms with Crippen LogP contribution in [0.1, 0.15) is 10.4 Å². The zero-order chi connectivity index (χ0) is 8.43. The molecule has 2 N–H and O–H groups in total. The highest BCUT2D eigenvalue weighted by molar-refractivity contribution is 9.10. The Morgan fingerprint density at radius 1 is 1.73 bits per heavy atom. The molecule has 0 aliphatic heterocycles. The van der Waals surface area contributed by atoms with E-state index in [2.05, 4.69) is 20.9 Å². The first kappa shape index (κ1) is 8.00. The van der Waals surface area contributed by atoms with Gasteiger partial charge in [0.25, 0.3) is 0 Å². The average Bonchev–Trinajstić information content (AvgIpc) is 1.94. The Bertz CT molecular complexity index is 301. The lowest BCUT2D eigenvalue weighted by atomic mass is 10.3. The summed E-state index contributed by atoms with van der Waals surface area (Å²) in [5, 5.41) is 10.3. The first-order chi connectivity index (χ1) is 5.11. The summed E-state index contributed by atoms with van der Waals surface area (Å²) >= 11 is 2.99.